The molecular formula is C26H31N5O4. The zero-order valence-electron chi connectivity index (χ0n) is 20.9. The molecule has 2 heterocycles. The second-order valence-electron chi connectivity index (χ2n) is 9.08. The number of imidazole rings is 1. The lowest BCUT2D eigenvalue weighted by Crippen LogP contribution is -2.38. The third-order valence-corrected chi connectivity index (χ3v) is 6.06. The van der Waals surface area contributed by atoms with Crippen LogP contribution in [0.15, 0.2) is 47.4 Å². The van der Waals surface area contributed by atoms with Crippen molar-refractivity contribution in [2.24, 2.45) is 5.92 Å². The maximum atomic E-state index is 13.2. The number of ether oxygens (including phenoxy) is 2. The van der Waals surface area contributed by atoms with Crippen LogP contribution in [0.3, 0.4) is 0 Å². The van der Waals surface area contributed by atoms with Crippen molar-refractivity contribution in [3.8, 4) is 11.5 Å². The van der Waals surface area contributed by atoms with Crippen molar-refractivity contribution in [1.82, 2.24) is 24.6 Å². The summed E-state index contributed by atoms with van der Waals surface area (Å²) in [4.78, 5) is 31.2. The number of amides is 1. The lowest BCUT2D eigenvalue weighted by molar-refractivity contribution is -0.123. The van der Waals surface area contributed by atoms with E-state index in [1.165, 1.54) is 14.2 Å². The summed E-state index contributed by atoms with van der Waals surface area (Å²) in [7, 11) is 2.98. The summed E-state index contributed by atoms with van der Waals surface area (Å²) in [6.07, 6.45) is 1.55. The van der Waals surface area contributed by atoms with Gasteiger partial charge in [-0.25, -0.2) is 9.67 Å². The molecule has 1 atom stereocenters. The molecule has 0 bridgehead atoms. The van der Waals surface area contributed by atoms with E-state index >= 15 is 0 Å². The van der Waals surface area contributed by atoms with Crippen molar-refractivity contribution in [2.75, 3.05) is 14.2 Å². The van der Waals surface area contributed by atoms with E-state index in [0.717, 1.165) is 21.5 Å². The lowest BCUT2D eigenvalue weighted by atomic mass is 10.0. The van der Waals surface area contributed by atoms with Gasteiger partial charge in [-0.2, -0.15) is 5.10 Å². The molecule has 184 valence electrons. The van der Waals surface area contributed by atoms with E-state index in [1.54, 1.807) is 18.3 Å². The van der Waals surface area contributed by atoms with E-state index in [9.17, 15) is 9.59 Å². The average molecular weight is 478 g/mol. The predicted molar refractivity (Wildman–Crippen MR) is 135 cm³/mol. The van der Waals surface area contributed by atoms with Gasteiger partial charge in [0.25, 0.3) is 5.56 Å². The Morgan fingerprint density at radius 1 is 1.06 bits per heavy atom. The Morgan fingerprint density at radius 3 is 2.46 bits per heavy atom. The van der Waals surface area contributed by atoms with Crippen molar-refractivity contribution >= 4 is 27.7 Å². The van der Waals surface area contributed by atoms with E-state index < -0.39 is 5.56 Å². The van der Waals surface area contributed by atoms with Crippen LogP contribution in [0.4, 0.5) is 0 Å². The number of nitrogens with one attached hydrogen (secondary N) is 1. The molecule has 0 saturated carbocycles. The van der Waals surface area contributed by atoms with E-state index in [2.05, 4.69) is 28.8 Å². The number of methoxy groups -OCH3 is 2. The Hall–Kier alpha value is -3.88. The number of nitrogens with zero attached hydrogens (tertiary/aromatic N) is 4. The molecule has 9 nitrogen and oxygen atoms in total. The molecule has 0 fully saturated rings. The number of carbonyl (C=O) groups is 1. The fraction of sp³-hybridized carbons (Fsp3) is 0.385. The van der Waals surface area contributed by atoms with Gasteiger partial charge in [0.1, 0.15) is 12.4 Å². The van der Waals surface area contributed by atoms with Gasteiger partial charge in [-0.3, -0.25) is 9.59 Å². The molecule has 4 aromatic rings. The van der Waals surface area contributed by atoms with E-state index in [-0.39, 0.29) is 30.5 Å². The summed E-state index contributed by atoms with van der Waals surface area (Å²) in [5, 5.41) is 8.22. The van der Waals surface area contributed by atoms with Crippen molar-refractivity contribution in [3.63, 3.8) is 0 Å². The maximum absolute atomic E-state index is 13.2. The van der Waals surface area contributed by atoms with Crippen LogP contribution in [0.25, 0.3) is 21.8 Å². The summed E-state index contributed by atoms with van der Waals surface area (Å²) < 4.78 is 14.0. The van der Waals surface area contributed by atoms with E-state index in [1.807, 2.05) is 38.1 Å². The van der Waals surface area contributed by atoms with Gasteiger partial charge in [0.15, 0.2) is 11.5 Å². The van der Waals surface area contributed by atoms with Gasteiger partial charge < -0.3 is 19.4 Å². The molecule has 0 aliphatic rings. The van der Waals surface area contributed by atoms with Crippen LogP contribution in [0.2, 0.25) is 0 Å². The van der Waals surface area contributed by atoms with Gasteiger partial charge in [-0.05, 0) is 44.0 Å². The lowest BCUT2D eigenvalue weighted by Gasteiger charge is -2.25. The number of hydrogen-bond acceptors (Lipinski definition) is 6. The molecule has 0 aliphatic carbocycles. The highest BCUT2D eigenvalue weighted by molar-refractivity contribution is 5.89. The molecule has 1 N–H and O–H groups in total. The van der Waals surface area contributed by atoms with Crippen molar-refractivity contribution in [1.29, 1.82) is 0 Å². The third-order valence-electron chi connectivity index (χ3n) is 6.06. The maximum Gasteiger partial charge on any atom is 0.279 e. The molecular weight excluding hydrogens is 446 g/mol. The first-order valence-corrected chi connectivity index (χ1v) is 11.6. The van der Waals surface area contributed by atoms with Gasteiger partial charge in [0.2, 0.25) is 5.91 Å². The van der Waals surface area contributed by atoms with Crippen LogP contribution in [0.1, 0.15) is 45.6 Å². The number of para-hydroxylation sites is 2. The fourth-order valence-corrected chi connectivity index (χ4v) is 4.41. The standard InChI is InChI=1S/C26H31N5O4/c1-15(2)23(25-28-18-9-7-8-10-19(18)31(25)16(3)4)29-21(32)14-30-26(33)22-17(13-27-30)11-12-20(34-5)24(22)35-6/h7-13,15-16,23H,14H2,1-6H3,(H,29,32). The van der Waals surface area contributed by atoms with Crippen molar-refractivity contribution in [2.45, 2.75) is 46.3 Å². The van der Waals surface area contributed by atoms with E-state index in [0.29, 0.717) is 22.3 Å². The highest BCUT2D eigenvalue weighted by Gasteiger charge is 2.26. The molecule has 35 heavy (non-hydrogen) atoms. The first-order valence-electron chi connectivity index (χ1n) is 11.6. The Morgan fingerprint density at radius 2 is 1.80 bits per heavy atom. The molecule has 0 radical (unpaired) electrons. The van der Waals surface area contributed by atoms with Gasteiger partial charge in [-0.15, -0.1) is 0 Å². The summed E-state index contributed by atoms with van der Waals surface area (Å²) in [6, 6.07) is 11.2. The normalized spacial score (nSPS) is 12.5. The average Bonchev–Trinajstić information content (AvgIpc) is 3.22. The number of rotatable bonds is 8. The second-order valence-corrected chi connectivity index (χ2v) is 9.08. The van der Waals surface area contributed by atoms with Gasteiger partial charge >= 0.3 is 0 Å². The zero-order valence-corrected chi connectivity index (χ0v) is 20.9. The molecule has 4 rings (SSSR count). The molecule has 0 aliphatic heterocycles. The monoisotopic (exact) mass is 477 g/mol. The number of aromatic nitrogens is 4. The highest BCUT2D eigenvalue weighted by atomic mass is 16.5. The Balaban J connectivity index is 1.68. The number of benzene rings is 2. The summed E-state index contributed by atoms with van der Waals surface area (Å²) in [5.74, 6) is 1.28. The minimum absolute atomic E-state index is 0.0684. The SMILES string of the molecule is COc1ccc2cnn(CC(=O)NC(c3nc4ccccc4n3C(C)C)C(C)C)c(=O)c2c1OC. The first-order chi connectivity index (χ1) is 16.8. The number of hydrogen-bond donors (Lipinski definition) is 1. The van der Waals surface area contributed by atoms with Gasteiger partial charge in [0, 0.05) is 11.4 Å². The van der Waals surface area contributed by atoms with Crippen molar-refractivity contribution < 1.29 is 14.3 Å². The molecule has 2 aromatic heterocycles. The molecule has 1 unspecified atom stereocenters. The molecule has 0 saturated heterocycles. The molecule has 0 spiro atoms. The van der Waals surface area contributed by atoms with Crippen LogP contribution in [0.5, 0.6) is 11.5 Å². The minimum atomic E-state index is -0.427. The largest absolute Gasteiger partial charge is 0.493 e. The quantitative estimate of drug-likeness (QED) is 0.414. The summed E-state index contributed by atoms with van der Waals surface area (Å²) in [6.45, 7) is 8.02. The van der Waals surface area contributed by atoms with Crippen LogP contribution in [0, 0.1) is 5.92 Å². The second kappa shape index (κ2) is 9.77. The highest BCUT2D eigenvalue weighted by Crippen LogP contribution is 2.33. The molecule has 2 aromatic carbocycles. The minimum Gasteiger partial charge on any atom is -0.493 e. The Kier molecular flexibility index (Phi) is 6.77. The zero-order chi connectivity index (χ0) is 25.3. The predicted octanol–water partition coefficient (Wildman–Crippen LogP) is 3.86. The summed E-state index contributed by atoms with van der Waals surface area (Å²) in [5.41, 5.74) is 1.47. The molecule has 9 heteroatoms. The topological polar surface area (TPSA) is 100 Å². The van der Waals surface area contributed by atoms with Gasteiger partial charge in [-0.1, -0.05) is 26.0 Å². The number of fused-ring (bicyclic) bond motifs is 2. The smallest absolute Gasteiger partial charge is 0.279 e. The van der Waals surface area contributed by atoms with Crippen LogP contribution >= 0.6 is 0 Å². The first kappa shape index (κ1) is 24.3. The Bertz CT molecular complexity index is 1440. The van der Waals surface area contributed by atoms with Crippen LogP contribution < -0.4 is 20.3 Å². The third kappa shape index (κ3) is 4.45. The Labute approximate surface area is 203 Å². The summed E-state index contributed by atoms with van der Waals surface area (Å²) >= 11 is 0. The van der Waals surface area contributed by atoms with Crippen molar-refractivity contribution in [3.05, 3.63) is 58.8 Å². The fourth-order valence-electron chi connectivity index (χ4n) is 4.41. The van der Waals surface area contributed by atoms with Crippen LogP contribution in [-0.2, 0) is 11.3 Å². The number of carbonyl (C=O) groups excluding carboxylic acids is 1. The van der Waals surface area contributed by atoms with Crippen LogP contribution in [-0.4, -0.2) is 39.5 Å². The molecule has 1 amide bonds. The van der Waals surface area contributed by atoms with E-state index in [4.69, 9.17) is 14.5 Å². The van der Waals surface area contributed by atoms with Gasteiger partial charge in [0.05, 0.1) is 42.9 Å².